The molecule has 0 atom stereocenters. The molecule has 3 rings (SSSR count). The molecule has 0 unspecified atom stereocenters. The minimum atomic E-state index is 0.179. The van der Waals surface area contributed by atoms with Gasteiger partial charge in [-0.1, -0.05) is 54.1 Å². The summed E-state index contributed by atoms with van der Waals surface area (Å²) in [6, 6.07) is 19.5. The monoisotopic (exact) mass is 290 g/mol. The van der Waals surface area contributed by atoms with Crippen LogP contribution in [0.2, 0.25) is 0 Å². The van der Waals surface area contributed by atoms with E-state index < -0.39 is 0 Å². The maximum absolute atomic E-state index is 10.1. The summed E-state index contributed by atoms with van der Waals surface area (Å²) in [6.07, 6.45) is 0. The molecule has 0 heterocycles. The Morgan fingerprint density at radius 3 is 1.68 bits per heavy atom. The van der Waals surface area contributed by atoms with Gasteiger partial charge < -0.3 is 10.2 Å². The highest BCUT2D eigenvalue weighted by Gasteiger charge is 2.08. The molecule has 0 aliphatic carbocycles. The Kier molecular flexibility index (Phi) is 3.60. The molecule has 2 heteroatoms. The highest BCUT2D eigenvalue weighted by Crippen LogP contribution is 2.35. The second-order valence-electron chi connectivity index (χ2n) is 5.60. The zero-order valence-electron chi connectivity index (χ0n) is 12.7. The molecule has 0 spiro atoms. The molecule has 2 N–H and O–H groups in total. The van der Waals surface area contributed by atoms with Crippen molar-refractivity contribution in [2.75, 3.05) is 0 Å². The van der Waals surface area contributed by atoms with E-state index in [0.717, 1.165) is 16.7 Å². The van der Waals surface area contributed by atoms with Crippen LogP contribution in [0.15, 0.2) is 60.7 Å². The fourth-order valence-electron chi connectivity index (χ4n) is 2.50. The van der Waals surface area contributed by atoms with Crippen molar-refractivity contribution < 1.29 is 10.2 Å². The smallest absolute Gasteiger partial charge is 0.123 e. The van der Waals surface area contributed by atoms with Crippen molar-refractivity contribution in [3.8, 4) is 33.8 Å². The standard InChI is InChI=1S/C20H18O2/c1-13-3-5-15(6-4-13)16-7-9-17(10-8-16)18-12-19(21)14(2)11-20(18)22/h3-12,21-22H,1-2H3. The summed E-state index contributed by atoms with van der Waals surface area (Å²) in [6.45, 7) is 3.83. The first-order valence-electron chi connectivity index (χ1n) is 7.24. The molecule has 0 saturated heterocycles. The first kappa shape index (κ1) is 14.2. The third-order valence-corrected chi connectivity index (χ3v) is 3.90. The van der Waals surface area contributed by atoms with Gasteiger partial charge in [-0.2, -0.15) is 0 Å². The minimum absolute atomic E-state index is 0.179. The third-order valence-electron chi connectivity index (χ3n) is 3.90. The lowest BCUT2D eigenvalue weighted by atomic mass is 9.98. The molecule has 0 aliphatic heterocycles. The van der Waals surface area contributed by atoms with Gasteiger partial charge in [0.1, 0.15) is 11.5 Å². The highest BCUT2D eigenvalue weighted by atomic mass is 16.3. The van der Waals surface area contributed by atoms with Crippen LogP contribution < -0.4 is 0 Å². The molecule has 0 saturated carbocycles. The molecular formula is C20H18O2. The summed E-state index contributed by atoms with van der Waals surface area (Å²) < 4.78 is 0. The fraction of sp³-hybridized carbons (Fsp3) is 0.100. The lowest BCUT2D eigenvalue weighted by Crippen LogP contribution is -1.84. The number of rotatable bonds is 2. The molecule has 110 valence electrons. The van der Waals surface area contributed by atoms with Crippen LogP contribution in [0.5, 0.6) is 11.5 Å². The van der Waals surface area contributed by atoms with Crippen LogP contribution in [0.25, 0.3) is 22.3 Å². The quantitative estimate of drug-likeness (QED) is 0.648. The summed E-state index contributed by atoms with van der Waals surface area (Å²) in [5, 5.41) is 19.9. The Bertz CT molecular complexity index is 800. The van der Waals surface area contributed by atoms with Gasteiger partial charge >= 0.3 is 0 Å². The van der Waals surface area contributed by atoms with Gasteiger partial charge in [-0.15, -0.1) is 0 Å². The first-order valence-corrected chi connectivity index (χ1v) is 7.24. The molecule has 0 fully saturated rings. The van der Waals surface area contributed by atoms with Gasteiger partial charge in [-0.3, -0.25) is 0 Å². The molecule has 3 aromatic carbocycles. The summed E-state index contributed by atoms with van der Waals surface area (Å²) in [5.41, 5.74) is 5.70. The minimum Gasteiger partial charge on any atom is -0.508 e. The largest absolute Gasteiger partial charge is 0.508 e. The van der Waals surface area contributed by atoms with Gasteiger partial charge in [0, 0.05) is 5.56 Å². The average molecular weight is 290 g/mol. The van der Waals surface area contributed by atoms with Crippen molar-refractivity contribution in [1.29, 1.82) is 0 Å². The molecule has 0 amide bonds. The molecule has 2 nitrogen and oxygen atoms in total. The number of benzene rings is 3. The van der Waals surface area contributed by atoms with Crippen LogP contribution in [0, 0.1) is 13.8 Å². The predicted octanol–water partition coefficient (Wildman–Crippen LogP) is 5.05. The molecule has 3 aromatic rings. The van der Waals surface area contributed by atoms with E-state index in [0.29, 0.717) is 11.1 Å². The molecule has 0 radical (unpaired) electrons. The molecule has 0 aliphatic rings. The van der Waals surface area contributed by atoms with Crippen LogP contribution in [-0.2, 0) is 0 Å². The van der Waals surface area contributed by atoms with Gasteiger partial charge in [0.25, 0.3) is 0 Å². The van der Waals surface area contributed by atoms with Crippen LogP contribution in [0.3, 0.4) is 0 Å². The van der Waals surface area contributed by atoms with E-state index >= 15 is 0 Å². The Morgan fingerprint density at radius 1 is 0.591 bits per heavy atom. The van der Waals surface area contributed by atoms with Gasteiger partial charge in [-0.25, -0.2) is 0 Å². The fourth-order valence-corrected chi connectivity index (χ4v) is 2.50. The van der Waals surface area contributed by atoms with Crippen molar-refractivity contribution in [1.82, 2.24) is 0 Å². The Morgan fingerprint density at radius 2 is 1.09 bits per heavy atom. The number of aryl methyl sites for hydroxylation is 2. The van der Waals surface area contributed by atoms with Crippen molar-refractivity contribution in [3.63, 3.8) is 0 Å². The van der Waals surface area contributed by atoms with E-state index in [4.69, 9.17) is 0 Å². The lowest BCUT2D eigenvalue weighted by Gasteiger charge is -2.09. The number of phenolic OH excluding ortho intramolecular Hbond substituents is 2. The van der Waals surface area contributed by atoms with Crippen molar-refractivity contribution >= 4 is 0 Å². The van der Waals surface area contributed by atoms with Gasteiger partial charge in [0.05, 0.1) is 0 Å². The number of phenols is 2. The summed E-state index contributed by atoms with van der Waals surface area (Å²) in [5.74, 6) is 0.369. The molecule has 0 bridgehead atoms. The average Bonchev–Trinajstić information content (AvgIpc) is 2.52. The number of hydrogen-bond donors (Lipinski definition) is 2. The molecular weight excluding hydrogens is 272 g/mol. The molecule has 22 heavy (non-hydrogen) atoms. The second kappa shape index (κ2) is 5.57. The lowest BCUT2D eigenvalue weighted by molar-refractivity contribution is 0.458. The van der Waals surface area contributed by atoms with Gasteiger partial charge in [0.2, 0.25) is 0 Å². The Labute approximate surface area is 130 Å². The number of aromatic hydroxyl groups is 2. The second-order valence-corrected chi connectivity index (χ2v) is 5.60. The van der Waals surface area contributed by atoms with Gasteiger partial charge in [-0.05, 0) is 48.2 Å². The Hall–Kier alpha value is -2.74. The summed E-state index contributed by atoms with van der Waals surface area (Å²) >= 11 is 0. The Balaban J connectivity index is 1.98. The van der Waals surface area contributed by atoms with E-state index in [1.165, 1.54) is 5.56 Å². The maximum Gasteiger partial charge on any atom is 0.123 e. The normalized spacial score (nSPS) is 10.6. The van der Waals surface area contributed by atoms with Crippen LogP contribution in [-0.4, -0.2) is 10.2 Å². The van der Waals surface area contributed by atoms with Crippen molar-refractivity contribution in [3.05, 3.63) is 71.8 Å². The first-order chi connectivity index (χ1) is 10.5. The van der Waals surface area contributed by atoms with Gasteiger partial charge in [0.15, 0.2) is 0 Å². The SMILES string of the molecule is Cc1ccc(-c2ccc(-c3cc(O)c(C)cc3O)cc2)cc1. The highest BCUT2D eigenvalue weighted by molar-refractivity contribution is 5.75. The van der Waals surface area contributed by atoms with Crippen molar-refractivity contribution in [2.24, 2.45) is 0 Å². The number of hydrogen-bond acceptors (Lipinski definition) is 2. The molecule has 0 aromatic heterocycles. The van der Waals surface area contributed by atoms with Crippen LogP contribution in [0.1, 0.15) is 11.1 Å². The van der Waals surface area contributed by atoms with E-state index in [2.05, 4.69) is 31.2 Å². The van der Waals surface area contributed by atoms with Crippen LogP contribution in [0.4, 0.5) is 0 Å². The van der Waals surface area contributed by atoms with E-state index in [1.807, 2.05) is 24.3 Å². The van der Waals surface area contributed by atoms with Crippen molar-refractivity contribution in [2.45, 2.75) is 13.8 Å². The topological polar surface area (TPSA) is 40.5 Å². The van der Waals surface area contributed by atoms with Crippen LogP contribution >= 0.6 is 0 Å². The zero-order valence-corrected chi connectivity index (χ0v) is 12.7. The summed E-state index contributed by atoms with van der Waals surface area (Å²) in [7, 11) is 0. The predicted molar refractivity (Wildman–Crippen MR) is 90.1 cm³/mol. The zero-order chi connectivity index (χ0) is 15.7. The third kappa shape index (κ3) is 2.68. The maximum atomic E-state index is 10.1. The summed E-state index contributed by atoms with van der Waals surface area (Å²) in [4.78, 5) is 0. The van der Waals surface area contributed by atoms with E-state index in [1.54, 1.807) is 19.1 Å². The van der Waals surface area contributed by atoms with E-state index in [9.17, 15) is 10.2 Å². The van der Waals surface area contributed by atoms with E-state index in [-0.39, 0.29) is 11.5 Å².